The molecule has 0 atom stereocenters. The number of nitrogens with two attached hydrogens (primary N) is 1. The Morgan fingerprint density at radius 2 is 2.00 bits per heavy atom. The third-order valence-corrected chi connectivity index (χ3v) is 4.06. The van der Waals surface area contributed by atoms with Crippen molar-refractivity contribution in [3.63, 3.8) is 0 Å². The maximum absolute atomic E-state index is 11.7. The Morgan fingerprint density at radius 1 is 1.28 bits per heavy atom. The highest BCUT2D eigenvalue weighted by Crippen LogP contribution is 2.53. The second-order valence-corrected chi connectivity index (χ2v) is 5.68. The van der Waals surface area contributed by atoms with Gasteiger partial charge in [-0.1, -0.05) is 30.3 Å². The molecule has 96 valence electrons. The van der Waals surface area contributed by atoms with Crippen LogP contribution in [0, 0.1) is 0 Å². The SMILES string of the molecule is NC12CCC(NC(=O)OCc3ccccc3)(C1)C2. The van der Waals surface area contributed by atoms with Crippen molar-refractivity contribution in [2.45, 2.75) is 43.4 Å². The van der Waals surface area contributed by atoms with E-state index in [4.69, 9.17) is 10.5 Å². The van der Waals surface area contributed by atoms with Gasteiger partial charge < -0.3 is 15.8 Å². The minimum Gasteiger partial charge on any atom is -0.445 e. The Balaban J connectivity index is 1.49. The van der Waals surface area contributed by atoms with Gasteiger partial charge in [0.05, 0.1) is 0 Å². The molecule has 0 aromatic heterocycles. The van der Waals surface area contributed by atoms with Crippen LogP contribution in [-0.4, -0.2) is 17.2 Å². The van der Waals surface area contributed by atoms with E-state index < -0.39 is 0 Å². The monoisotopic (exact) mass is 246 g/mol. The molecule has 0 spiro atoms. The van der Waals surface area contributed by atoms with E-state index in [1.165, 1.54) is 0 Å². The molecule has 1 aromatic carbocycles. The molecule has 3 aliphatic rings. The van der Waals surface area contributed by atoms with E-state index in [2.05, 4.69) is 5.32 Å². The van der Waals surface area contributed by atoms with Crippen molar-refractivity contribution in [3.8, 4) is 0 Å². The molecule has 2 bridgehead atoms. The summed E-state index contributed by atoms with van der Waals surface area (Å²) in [5.41, 5.74) is 6.97. The maximum Gasteiger partial charge on any atom is 0.407 e. The van der Waals surface area contributed by atoms with Crippen LogP contribution in [0.25, 0.3) is 0 Å². The zero-order valence-corrected chi connectivity index (χ0v) is 10.3. The first-order valence-corrected chi connectivity index (χ1v) is 6.37. The number of alkyl carbamates (subject to hydrolysis) is 1. The van der Waals surface area contributed by atoms with Gasteiger partial charge in [0, 0.05) is 11.1 Å². The van der Waals surface area contributed by atoms with Crippen LogP contribution in [0.5, 0.6) is 0 Å². The lowest BCUT2D eigenvalue weighted by molar-refractivity contribution is 0.103. The fraction of sp³-hybridized carbons (Fsp3) is 0.500. The summed E-state index contributed by atoms with van der Waals surface area (Å²) in [5, 5.41) is 2.98. The van der Waals surface area contributed by atoms with Gasteiger partial charge in [-0.25, -0.2) is 4.79 Å². The van der Waals surface area contributed by atoms with E-state index >= 15 is 0 Å². The van der Waals surface area contributed by atoms with Gasteiger partial charge in [-0.05, 0) is 31.2 Å². The van der Waals surface area contributed by atoms with E-state index in [0.29, 0.717) is 6.61 Å². The fourth-order valence-corrected chi connectivity index (χ4v) is 3.26. The van der Waals surface area contributed by atoms with Crippen molar-refractivity contribution in [1.82, 2.24) is 5.32 Å². The average Bonchev–Trinajstić information content (AvgIpc) is 2.81. The maximum atomic E-state index is 11.7. The molecule has 4 rings (SSSR count). The number of benzene rings is 1. The highest BCUT2D eigenvalue weighted by Gasteiger charge is 2.59. The van der Waals surface area contributed by atoms with E-state index in [0.717, 1.165) is 31.2 Å². The Bertz CT molecular complexity index is 452. The highest BCUT2D eigenvalue weighted by atomic mass is 16.5. The lowest BCUT2D eigenvalue weighted by Gasteiger charge is -2.45. The third-order valence-electron chi connectivity index (χ3n) is 4.06. The van der Waals surface area contributed by atoms with Crippen LogP contribution < -0.4 is 11.1 Å². The smallest absolute Gasteiger partial charge is 0.407 e. The van der Waals surface area contributed by atoms with Crippen LogP contribution in [0.2, 0.25) is 0 Å². The summed E-state index contributed by atoms with van der Waals surface area (Å²) < 4.78 is 5.22. The first kappa shape index (κ1) is 11.5. The summed E-state index contributed by atoms with van der Waals surface area (Å²) >= 11 is 0. The van der Waals surface area contributed by atoms with Gasteiger partial charge in [0.15, 0.2) is 0 Å². The molecule has 1 amide bonds. The van der Waals surface area contributed by atoms with Crippen LogP contribution in [0.3, 0.4) is 0 Å². The summed E-state index contributed by atoms with van der Waals surface area (Å²) in [6, 6.07) is 9.68. The van der Waals surface area contributed by atoms with Gasteiger partial charge in [0.1, 0.15) is 6.61 Å². The second kappa shape index (κ2) is 3.99. The Kier molecular flexibility index (Phi) is 2.55. The summed E-state index contributed by atoms with van der Waals surface area (Å²) in [7, 11) is 0. The number of hydrogen-bond acceptors (Lipinski definition) is 3. The molecule has 0 saturated heterocycles. The first-order valence-electron chi connectivity index (χ1n) is 6.37. The van der Waals surface area contributed by atoms with Crippen LogP contribution in [0.4, 0.5) is 4.79 Å². The second-order valence-electron chi connectivity index (χ2n) is 5.68. The minimum absolute atomic E-state index is 0.0211. The van der Waals surface area contributed by atoms with Crippen molar-refractivity contribution in [3.05, 3.63) is 35.9 Å². The van der Waals surface area contributed by atoms with E-state index in [-0.39, 0.29) is 17.2 Å². The summed E-state index contributed by atoms with van der Waals surface area (Å²) in [4.78, 5) is 11.7. The molecule has 3 N–H and O–H groups in total. The van der Waals surface area contributed by atoms with Crippen LogP contribution in [0.15, 0.2) is 30.3 Å². The van der Waals surface area contributed by atoms with E-state index in [1.807, 2.05) is 30.3 Å². The number of ether oxygens (including phenoxy) is 1. The molecule has 4 nitrogen and oxygen atoms in total. The summed E-state index contributed by atoms with van der Waals surface area (Å²) in [6.45, 7) is 0.316. The number of rotatable bonds is 3. The largest absolute Gasteiger partial charge is 0.445 e. The summed E-state index contributed by atoms with van der Waals surface area (Å²) in [6.07, 6.45) is 3.43. The van der Waals surface area contributed by atoms with Gasteiger partial charge >= 0.3 is 6.09 Å². The van der Waals surface area contributed by atoms with E-state index in [9.17, 15) is 4.79 Å². The first-order chi connectivity index (χ1) is 8.59. The third kappa shape index (κ3) is 2.08. The zero-order chi connectivity index (χ0) is 12.6. The van der Waals surface area contributed by atoms with Gasteiger partial charge in [0.2, 0.25) is 0 Å². The normalized spacial score (nSPS) is 32.7. The molecule has 0 heterocycles. The van der Waals surface area contributed by atoms with Crippen LogP contribution in [0.1, 0.15) is 31.2 Å². The zero-order valence-electron chi connectivity index (χ0n) is 10.3. The Hall–Kier alpha value is -1.55. The van der Waals surface area contributed by atoms with Crippen molar-refractivity contribution in [2.75, 3.05) is 0 Å². The molecular formula is C14H18N2O2. The van der Waals surface area contributed by atoms with Gasteiger partial charge in [-0.3, -0.25) is 0 Å². The minimum atomic E-state index is -0.331. The van der Waals surface area contributed by atoms with Crippen molar-refractivity contribution in [1.29, 1.82) is 0 Å². The fourth-order valence-electron chi connectivity index (χ4n) is 3.26. The van der Waals surface area contributed by atoms with Crippen molar-refractivity contribution < 1.29 is 9.53 Å². The molecule has 3 fully saturated rings. The number of nitrogens with one attached hydrogen (secondary N) is 1. The molecular weight excluding hydrogens is 228 g/mol. The molecule has 3 saturated carbocycles. The van der Waals surface area contributed by atoms with Gasteiger partial charge in [-0.15, -0.1) is 0 Å². The molecule has 1 aromatic rings. The van der Waals surface area contributed by atoms with Crippen LogP contribution in [-0.2, 0) is 11.3 Å². The molecule has 3 aliphatic carbocycles. The van der Waals surface area contributed by atoms with Crippen molar-refractivity contribution >= 4 is 6.09 Å². The quantitative estimate of drug-likeness (QED) is 0.856. The number of carbonyl (C=O) groups excluding carboxylic acids is 1. The van der Waals surface area contributed by atoms with Gasteiger partial charge in [0.25, 0.3) is 0 Å². The topological polar surface area (TPSA) is 64.3 Å². The Morgan fingerprint density at radius 3 is 2.61 bits per heavy atom. The van der Waals surface area contributed by atoms with Gasteiger partial charge in [-0.2, -0.15) is 0 Å². The number of amides is 1. The molecule has 0 aliphatic heterocycles. The number of hydrogen-bond donors (Lipinski definition) is 2. The molecule has 18 heavy (non-hydrogen) atoms. The number of carbonyl (C=O) groups is 1. The predicted octanol–water partition coefficient (Wildman–Crippen LogP) is 1.94. The van der Waals surface area contributed by atoms with Crippen molar-refractivity contribution in [2.24, 2.45) is 5.73 Å². The standard InChI is InChI=1S/C14H18N2O2/c15-13-6-7-14(9-13,10-13)16-12(17)18-8-11-4-2-1-3-5-11/h1-5H,6-10,15H2,(H,16,17). The predicted molar refractivity (Wildman–Crippen MR) is 67.9 cm³/mol. The summed E-state index contributed by atoms with van der Waals surface area (Å²) in [5.74, 6) is 0. The molecule has 0 radical (unpaired) electrons. The lowest BCUT2D eigenvalue weighted by atomic mass is 9.72. The van der Waals surface area contributed by atoms with E-state index in [1.54, 1.807) is 0 Å². The molecule has 0 unspecified atom stereocenters. The van der Waals surface area contributed by atoms with Crippen LogP contribution >= 0.6 is 0 Å². The Labute approximate surface area is 107 Å². The highest BCUT2D eigenvalue weighted by molar-refractivity contribution is 5.69. The number of fused-ring (bicyclic) bond motifs is 1. The molecule has 4 heteroatoms. The average molecular weight is 246 g/mol. The lowest BCUT2D eigenvalue weighted by Crippen LogP contribution is -2.61.